The van der Waals surface area contributed by atoms with Gasteiger partial charge in [-0.1, -0.05) is 0 Å². The second-order valence-electron chi connectivity index (χ2n) is 4.05. The van der Waals surface area contributed by atoms with Crippen molar-refractivity contribution in [2.75, 3.05) is 5.32 Å². The maximum Gasteiger partial charge on any atom is 0.170 e. The Morgan fingerprint density at radius 2 is 2.18 bits per heavy atom. The van der Waals surface area contributed by atoms with Crippen LogP contribution in [-0.4, -0.2) is 21.1 Å². The highest BCUT2D eigenvalue weighted by molar-refractivity contribution is 7.80. The molecule has 0 atom stereocenters. The third-order valence-corrected chi connectivity index (χ3v) is 2.40. The number of hydrogen-bond donors (Lipinski definition) is 2. The van der Waals surface area contributed by atoms with Crippen molar-refractivity contribution < 1.29 is 0 Å². The van der Waals surface area contributed by atoms with Gasteiger partial charge in [0, 0.05) is 23.3 Å². The van der Waals surface area contributed by atoms with Crippen LogP contribution in [0.25, 0.3) is 10.9 Å². The summed E-state index contributed by atoms with van der Waals surface area (Å²) in [4.78, 5) is 8.16. The molecule has 0 saturated heterocycles. The van der Waals surface area contributed by atoms with Gasteiger partial charge in [0.2, 0.25) is 0 Å². The summed E-state index contributed by atoms with van der Waals surface area (Å²) in [6, 6.07) is 6.18. The van der Waals surface area contributed by atoms with Gasteiger partial charge in [-0.2, -0.15) is 0 Å². The highest BCUT2D eigenvalue weighted by atomic mass is 32.1. The van der Waals surface area contributed by atoms with E-state index in [0.717, 1.165) is 16.6 Å². The molecule has 0 amide bonds. The van der Waals surface area contributed by atoms with Crippen molar-refractivity contribution in [3.8, 4) is 0 Å². The van der Waals surface area contributed by atoms with Gasteiger partial charge in [0.1, 0.15) is 6.33 Å². The third-order valence-electron chi connectivity index (χ3n) is 2.18. The fraction of sp³-hybridized carbons (Fsp3) is 0.250. The molecule has 1 heterocycles. The van der Waals surface area contributed by atoms with Gasteiger partial charge in [0.15, 0.2) is 5.11 Å². The Labute approximate surface area is 105 Å². The van der Waals surface area contributed by atoms with Crippen molar-refractivity contribution in [1.82, 2.24) is 15.3 Å². The van der Waals surface area contributed by atoms with E-state index in [1.54, 1.807) is 12.5 Å². The van der Waals surface area contributed by atoms with Gasteiger partial charge in [-0.15, -0.1) is 0 Å². The lowest BCUT2D eigenvalue weighted by Gasteiger charge is -2.13. The number of nitrogens with zero attached hydrogens (tertiary/aromatic N) is 2. The van der Waals surface area contributed by atoms with E-state index in [1.807, 2.05) is 32.0 Å². The summed E-state index contributed by atoms with van der Waals surface area (Å²) in [7, 11) is 0. The van der Waals surface area contributed by atoms with Crippen LogP contribution in [0.1, 0.15) is 13.8 Å². The first-order chi connectivity index (χ1) is 8.15. The highest BCUT2D eigenvalue weighted by Crippen LogP contribution is 2.15. The van der Waals surface area contributed by atoms with Gasteiger partial charge in [0.05, 0.1) is 5.52 Å². The van der Waals surface area contributed by atoms with E-state index in [0.29, 0.717) is 11.2 Å². The first-order valence-electron chi connectivity index (χ1n) is 5.42. The fourth-order valence-corrected chi connectivity index (χ4v) is 1.85. The number of aromatic nitrogens is 2. The largest absolute Gasteiger partial charge is 0.360 e. The predicted molar refractivity (Wildman–Crippen MR) is 74.0 cm³/mol. The van der Waals surface area contributed by atoms with Gasteiger partial charge in [-0.3, -0.25) is 0 Å². The lowest BCUT2D eigenvalue weighted by atomic mass is 10.2. The molecule has 2 aromatic rings. The molecular weight excluding hydrogens is 232 g/mol. The van der Waals surface area contributed by atoms with Crippen LogP contribution in [0.4, 0.5) is 5.69 Å². The molecule has 5 heteroatoms. The molecule has 0 fully saturated rings. The van der Waals surface area contributed by atoms with Crippen LogP contribution in [0.3, 0.4) is 0 Å². The zero-order valence-corrected chi connectivity index (χ0v) is 10.6. The second-order valence-corrected chi connectivity index (χ2v) is 4.46. The van der Waals surface area contributed by atoms with Gasteiger partial charge in [-0.25, -0.2) is 9.97 Å². The topological polar surface area (TPSA) is 49.8 Å². The van der Waals surface area contributed by atoms with Crippen molar-refractivity contribution >= 4 is 33.9 Å². The summed E-state index contributed by atoms with van der Waals surface area (Å²) >= 11 is 5.18. The van der Waals surface area contributed by atoms with Crippen LogP contribution in [0, 0.1) is 0 Å². The molecule has 1 aromatic carbocycles. The molecular formula is C12H14N4S. The van der Waals surface area contributed by atoms with Crippen LogP contribution in [0.15, 0.2) is 30.7 Å². The maximum absolute atomic E-state index is 5.18. The van der Waals surface area contributed by atoms with E-state index in [1.165, 1.54) is 0 Å². The van der Waals surface area contributed by atoms with Crippen LogP contribution in [0.2, 0.25) is 0 Å². The van der Waals surface area contributed by atoms with Crippen molar-refractivity contribution in [3.63, 3.8) is 0 Å². The first-order valence-corrected chi connectivity index (χ1v) is 5.83. The minimum Gasteiger partial charge on any atom is -0.360 e. The molecule has 0 aliphatic heterocycles. The van der Waals surface area contributed by atoms with E-state index in [9.17, 15) is 0 Å². The van der Waals surface area contributed by atoms with Crippen molar-refractivity contribution in [1.29, 1.82) is 0 Å². The number of hydrogen-bond acceptors (Lipinski definition) is 3. The van der Waals surface area contributed by atoms with Crippen LogP contribution in [0.5, 0.6) is 0 Å². The summed E-state index contributed by atoms with van der Waals surface area (Å²) in [5.41, 5.74) is 1.86. The maximum atomic E-state index is 5.18. The molecule has 0 radical (unpaired) electrons. The Morgan fingerprint density at radius 3 is 2.94 bits per heavy atom. The van der Waals surface area contributed by atoms with Gasteiger partial charge in [-0.05, 0) is 44.3 Å². The number of benzene rings is 1. The Balaban J connectivity index is 2.17. The average molecular weight is 246 g/mol. The first kappa shape index (κ1) is 11.7. The summed E-state index contributed by atoms with van der Waals surface area (Å²) in [6.07, 6.45) is 3.33. The van der Waals surface area contributed by atoms with Gasteiger partial charge in [0.25, 0.3) is 0 Å². The van der Waals surface area contributed by atoms with E-state index in [-0.39, 0.29) is 0 Å². The van der Waals surface area contributed by atoms with E-state index < -0.39 is 0 Å². The van der Waals surface area contributed by atoms with E-state index in [2.05, 4.69) is 20.6 Å². The van der Waals surface area contributed by atoms with E-state index in [4.69, 9.17) is 12.2 Å². The number of anilines is 1. The molecule has 0 spiro atoms. The number of fused-ring (bicyclic) bond motifs is 1. The predicted octanol–water partition coefficient (Wildman–Crippen LogP) is 2.32. The minimum absolute atomic E-state index is 0.318. The molecule has 88 valence electrons. The Hall–Kier alpha value is -1.75. The monoisotopic (exact) mass is 246 g/mol. The van der Waals surface area contributed by atoms with Crippen LogP contribution < -0.4 is 10.6 Å². The summed E-state index contributed by atoms with van der Waals surface area (Å²) < 4.78 is 0. The molecule has 0 aliphatic carbocycles. The van der Waals surface area contributed by atoms with Crippen LogP contribution >= 0.6 is 12.2 Å². The molecule has 17 heavy (non-hydrogen) atoms. The Morgan fingerprint density at radius 1 is 1.35 bits per heavy atom. The fourth-order valence-electron chi connectivity index (χ4n) is 1.49. The molecule has 2 rings (SSSR count). The molecule has 0 saturated carbocycles. The second kappa shape index (κ2) is 5.05. The van der Waals surface area contributed by atoms with Crippen molar-refractivity contribution in [2.45, 2.75) is 19.9 Å². The Bertz CT molecular complexity index is 539. The summed E-state index contributed by atoms with van der Waals surface area (Å²) in [5, 5.41) is 7.87. The van der Waals surface area contributed by atoms with Gasteiger partial charge < -0.3 is 10.6 Å². The summed E-state index contributed by atoms with van der Waals surface area (Å²) in [6.45, 7) is 4.09. The number of nitrogens with one attached hydrogen (secondary N) is 2. The van der Waals surface area contributed by atoms with Crippen LogP contribution in [-0.2, 0) is 0 Å². The zero-order chi connectivity index (χ0) is 12.3. The molecule has 0 unspecified atom stereocenters. The lowest BCUT2D eigenvalue weighted by Crippen LogP contribution is -2.33. The molecule has 0 bridgehead atoms. The quantitative estimate of drug-likeness (QED) is 0.796. The minimum atomic E-state index is 0.318. The van der Waals surface area contributed by atoms with Crippen molar-refractivity contribution in [2.24, 2.45) is 0 Å². The lowest BCUT2D eigenvalue weighted by molar-refractivity contribution is 0.739. The normalized spacial score (nSPS) is 10.5. The highest BCUT2D eigenvalue weighted by Gasteiger charge is 2.01. The van der Waals surface area contributed by atoms with Crippen molar-refractivity contribution in [3.05, 3.63) is 30.7 Å². The van der Waals surface area contributed by atoms with Gasteiger partial charge >= 0.3 is 0 Å². The average Bonchev–Trinajstić information content (AvgIpc) is 2.27. The zero-order valence-electron chi connectivity index (χ0n) is 9.77. The standard InChI is InChI=1S/C12H14N4S/c1-8(2)15-12(17)16-10-3-4-11-9(5-10)6-13-7-14-11/h3-8H,1-2H3,(H2,15,16,17). The van der Waals surface area contributed by atoms with E-state index >= 15 is 0 Å². The molecule has 0 aliphatic rings. The Kier molecular flexibility index (Phi) is 3.49. The summed E-state index contributed by atoms with van der Waals surface area (Å²) in [5.74, 6) is 0. The SMILES string of the molecule is CC(C)NC(=S)Nc1ccc2ncncc2c1. The third kappa shape index (κ3) is 3.10. The molecule has 1 aromatic heterocycles. The number of thiocarbonyl (C=S) groups is 1. The number of rotatable bonds is 2. The molecule has 4 nitrogen and oxygen atoms in total. The molecule has 2 N–H and O–H groups in total. The smallest absolute Gasteiger partial charge is 0.170 e.